The Kier molecular flexibility index (Phi) is 11.5. The lowest BCUT2D eigenvalue weighted by Crippen LogP contribution is -2.12. The molecule has 0 heterocycles. The minimum Gasteiger partial charge on any atom is -0.507 e. The molecule has 0 amide bonds. The molecule has 0 saturated heterocycles. The summed E-state index contributed by atoms with van der Waals surface area (Å²) in [6, 6.07) is 3.47. The van der Waals surface area contributed by atoms with Crippen LogP contribution >= 0.6 is 12.4 Å². The first kappa shape index (κ1) is 22.7. The van der Waals surface area contributed by atoms with E-state index in [2.05, 4.69) is 25.9 Å². The Balaban J connectivity index is 0.00000529. The second-order valence-corrected chi connectivity index (χ2v) is 6.31. The molecule has 0 radical (unpaired) electrons. The number of Topliss-reactive ketones (excluding diaryl/α,β-unsaturated/α-hetero) is 1. The van der Waals surface area contributed by atoms with E-state index in [1.54, 1.807) is 6.07 Å². The van der Waals surface area contributed by atoms with Gasteiger partial charge in [0.1, 0.15) is 11.5 Å². The average Bonchev–Trinajstić information content (AvgIpc) is 2.48. The number of nitrogens with zero attached hydrogens (tertiary/aromatic N) is 1. The zero-order valence-electron chi connectivity index (χ0n) is 15.4. The van der Waals surface area contributed by atoms with Gasteiger partial charge in [-0.2, -0.15) is 0 Å². The number of ether oxygens (including phenoxy) is 1. The van der Waals surface area contributed by atoms with Gasteiger partial charge in [-0.3, -0.25) is 4.79 Å². The second-order valence-electron chi connectivity index (χ2n) is 6.31. The molecule has 1 rings (SSSR count). The van der Waals surface area contributed by atoms with Crippen LogP contribution in [0.4, 0.5) is 0 Å². The summed E-state index contributed by atoms with van der Waals surface area (Å²) in [5.41, 5.74) is 1.14. The molecule has 0 fully saturated rings. The van der Waals surface area contributed by atoms with E-state index in [4.69, 9.17) is 4.74 Å². The Hall–Kier alpha value is -1.26. The van der Waals surface area contributed by atoms with Crippen molar-refractivity contribution in [2.24, 2.45) is 0 Å². The van der Waals surface area contributed by atoms with E-state index in [9.17, 15) is 9.90 Å². The van der Waals surface area contributed by atoms with Crippen molar-refractivity contribution >= 4 is 18.2 Å². The number of benzene rings is 1. The van der Waals surface area contributed by atoms with Gasteiger partial charge in [0.05, 0.1) is 12.2 Å². The summed E-state index contributed by atoms with van der Waals surface area (Å²) >= 11 is 0. The summed E-state index contributed by atoms with van der Waals surface area (Å²) in [5.74, 6) is 0.678. The van der Waals surface area contributed by atoms with Gasteiger partial charge in [0.15, 0.2) is 5.78 Å². The standard InChI is InChI=1S/C19H31NO3.ClH/c1-5-10-17-18(12-11-16(15(2)21)19(17)22)23-14-9-7-6-8-13-20(3)4;/h11-12,22H,5-10,13-14H2,1-4H3;1H. The van der Waals surface area contributed by atoms with Crippen LogP contribution in [0.15, 0.2) is 12.1 Å². The van der Waals surface area contributed by atoms with Crippen LogP contribution in [-0.4, -0.2) is 43.0 Å². The molecule has 5 heteroatoms. The summed E-state index contributed by atoms with van der Waals surface area (Å²) in [4.78, 5) is 13.7. The molecular formula is C19H32ClNO3. The Morgan fingerprint density at radius 3 is 2.42 bits per heavy atom. The van der Waals surface area contributed by atoms with Crippen LogP contribution in [0.25, 0.3) is 0 Å². The number of rotatable bonds is 11. The maximum absolute atomic E-state index is 11.5. The highest BCUT2D eigenvalue weighted by Gasteiger charge is 2.15. The van der Waals surface area contributed by atoms with Gasteiger partial charge in [-0.05, 0) is 59.0 Å². The number of phenols is 1. The number of carbonyl (C=O) groups is 1. The fraction of sp³-hybridized carbons (Fsp3) is 0.632. The lowest BCUT2D eigenvalue weighted by atomic mass is 10.0. The largest absolute Gasteiger partial charge is 0.507 e. The fourth-order valence-corrected chi connectivity index (χ4v) is 2.59. The third-order valence-electron chi connectivity index (χ3n) is 3.88. The van der Waals surface area contributed by atoms with E-state index in [1.807, 2.05) is 6.07 Å². The molecule has 0 aromatic heterocycles. The molecule has 0 spiro atoms. The Morgan fingerprint density at radius 1 is 1.17 bits per heavy atom. The first-order valence-corrected chi connectivity index (χ1v) is 8.60. The lowest BCUT2D eigenvalue weighted by molar-refractivity contribution is 0.101. The Morgan fingerprint density at radius 2 is 1.83 bits per heavy atom. The normalized spacial score (nSPS) is 10.5. The van der Waals surface area contributed by atoms with Crippen molar-refractivity contribution in [3.8, 4) is 11.5 Å². The molecule has 0 aliphatic rings. The van der Waals surface area contributed by atoms with Crippen molar-refractivity contribution in [3.63, 3.8) is 0 Å². The van der Waals surface area contributed by atoms with Gasteiger partial charge in [0.25, 0.3) is 0 Å². The molecule has 4 nitrogen and oxygen atoms in total. The number of phenolic OH excluding ortho intramolecular Hbond substituents is 1. The van der Waals surface area contributed by atoms with Gasteiger partial charge in [-0.15, -0.1) is 12.4 Å². The number of hydrogen-bond donors (Lipinski definition) is 1. The predicted octanol–water partition coefficient (Wildman–Crippen LogP) is 4.47. The molecule has 24 heavy (non-hydrogen) atoms. The van der Waals surface area contributed by atoms with Gasteiger partial charge >= 0.3 is 0 Å². The molecule has 1 aromatic carbocycles. The topological polar surface area (TPSA) is 49.8 Å². The molecule has 1 N–H and O–H groups in total. The third-order valence-corrected chi connectivity index (χ3v) is 3.88. The Labute approximate surface area is 152 Å². The van der Waals surface area contributed by atoms with E-state index in [-0.39, 0.29) is 23.9 Å². The number of carbonyl (C=O) groups excluding carboxylic acids is 1. The van der Waals surface area contributed by atoms with Crippen LogP contribution in [0.3, 0.4) is 0 Å². The molecule has 0 saturated carbocycles. The zero-order chi connectivity index (χ0) is 17.2. The number of unbranched alkanes of at least 4 members (excludes halogenated alkanes) is 3. The van der Waals surface area contributed by atoms with Crippen LogP contribution in [0.5, 0.6) is 11.5 Å². The van der Waals surface area contributed by atoms with Crippen molar-refractivity contribution in [1.29, 1.82) is 0 Å². The van der Waals surface area contributed by atoms with E-state index in [0.29, 0.717) is 24.3 Å². The smallest absolute Gasteiger partial charge is 0.163 e. The maximum Gasteiger partial charge on any atom is 0.163 e. The number of hydrogen-bond acceptors (Lipinski definition) is 4. The predicted molar refractivity (Wildman–Crippen MR) is 102 cm³/mol. The van der Waals surface area contributed by atoms with Gasteiger partial charge in [-0.25, -0.2) is 0 Å². The van der Waals surface area contributed by atoms with Crippen molar-refractivity contribution in [2.45, 2.75) is 52.4 Å². The van der Waals surface area contributed by atoms with Gasteiger partial charge < -0.3 is 14.7 Å². The van der Waals surface area contributed by atoms with Crippen LogP contribution in [0.2, 0.25) is 0 Å². The lowest BCUT2D eigenvalue weighted by Gasteiger charge is -2.14. The molecule has 0 bridgehead atoms. The minimum atomic E-state index is -0.118. The van der Waals surface area contributed by atoms with Crippen molar-refractivity contribution in [2.75, 3.05) is 27.2 Å². The SMILES string of the molecule is CCCc1c(OCCCCCCN(C)C)ccc(C(C)=O)c1O.Cl. The summed E-state index contributed by atoms with van der Waals surface area (Å²) in [5, 5.41) is 10.3. The molecule has 0 unspecified atom stereocenters. The fourth-order valence-electron chi connectivity index (χ4n) is 2.59. The van der Waals surface area contributed by atoms with Crippen molar-refractivity contribution < 1.29 is 14.6 Å². The second kappa shape index (κ2) is 12.2. The summed E-state index contributed by atoms with van der Waals surface area (Å²) in [7, 11) is 4.19. The number of ketones is 1. The highest BCUT2D eigenvalue weighted by molar-refractivity contribution is 5.97. The van der Waals surface area contributed by atoms with E-state index < -0.39 is 0 Å². The molecule has 1 aromatic rings. The highest BCUT2D eigenvalue weighted by atomic mass is 35.5. The molecule has 0 aliphatic carbocycles. The van der Waals surface area contributed by atoms with E-state index in [1.165, 1.54) is 19.8 Å². The highest BCUT2D eigenvalue weighted by Crippen LogP contribution is 2.33. The van der Waals surface area contributed by atoms with Gasteiger partial charge in [0.2, 0.25) is 0 Å². The van der Waals surface area contributed by atoms with Crippen LogP contribution in [0.1, 0.15) is 61.9 Å². The van der Waals surface area contributed by atoms with Gasteiger partial charge in [0, 0.05) is 5.56 Å². The zero-order valence-corrected chi connectivity index (χ0v) is 16.2. The molecular weight excluding hydrogens is 326 g/mol. The summed E-state index contributed by atoms with van der Waals surface area (Å²) in [6.07, 6.45) is 6.18. The minimum absolute atomic E-state index is 0. The molecule has 0 atom stereocenters. The van der Waals surface area contributed by atoms with E-state index in [0.717, 1.165) is 31.4 Å². The van der Waals surface area contributed by atoms with Crippen LogP contribution < -0.4 is 4.74 Å². The first-order chi connectivity index (χ1) is 11.0. The Bertz CT molecular complexity index is 504. The number of halogens is 1. The quantitative estimate of drug-likeness (QED) is 0.469. The third kappa shape index (κ3) is 7.54. The maximum atomic E-state index is 11.5. The molecule has 0 aliphatic heterocycles. The summed E-state index contributed by atoms with van der Waals surface area (Å²) < 4.78 is 5.85. The average molecular weight is 358 g/mol. The first-order valence-electron chi connectivity index (χ1n) is 8.60. The molecule has 138 valence electrons. The number of aromatic hydroxyl groups is 1. The van der Waals surface area contributed by atoms with Crippen LogP contribution in [-0.2, 0) is 6.42 Å². The van der Waals surface area contributed by atoms with Crippen LogP contribution in [0, 0.1) is 0 Å². The van der Waals surface area contributed by atoms with E-state index >= 15 is 0 Å². The van der Waals surface area contributed by atoms with Gasteiger partial charge in [-0.1, -0.05) is 26.2 Å². The van der Waals surface area contributed by atoms with Crippen molar-refractivity contribution in [3.05, 3.63) is 23.3 Å². The monoisotopic (exact) mass is 357 g/mol. The van der Waals surface area contributed by atoms with Crippen molar-refractivity contribution in [1.82, 2.24) is 4.90 Å². The summed E-state index contributed by atoms with van der Waals surface area (Å²) in [6.45, 7) is 5.30.